The Labute approximate surface area is 176 Å². The first kappa shape index (κ1) is 20.2. The fourth-order valence-corrected chi connectivity index (χ4v) is 4.18. The molecule has 156 valence electrons. The third kappa shape index (κ3) is 4.26. The van der Waals surface area contributed by atoms with E-state index in [0.29, 0.717) is 35.2 Å². The van der Waals surface area contributed by atoms with Gasteiger partial charge in [0.2, 0.25) is 11.1 Å². The van der Waals surface area contributed by atoms with Crippen molar-refractivity contribution in [1.82, 2.24) is 24.7 Å². The largest absolute Gasteiger partial charge is 0.372 e. The molecule has 1 aliphatic heterocycles. The van der Waals surface area contributed by atoms with Gasteiger partial charge in [0.15, 0.2) is 5.65 Å². The highest BCUT2D eigenvalue weighted by Gasteiger charge is 2.26. The van der Waals surface area contributed by atoms with Gasteiger partial charge in [0.05, 0.1) is 28.6 Å². The van der Waals surface area contributed by atoms with Crippen LogP contribution < -0.4 is 0 Å². The van der Waals surface area contributed by atoms with Crippen LogP contribution in [0.5, 0.6) is 0 Å². The summed E-state index contributed by atoms with van der Waals surface area (Å²) >= 11 is 1.26. The van der Waals surface area contributed by atoms with Gasteiger partial charge in [-0.25, -0.2) is 0 Å². The Balaban J connectivity index is 1.53. The summed E-state index contributed by atoms with van der Waals surface area (Å²) in [6, 6.07) is 9.74. The van der Waals surface area contributed by atoms with Crippen LogP contribution in [0.15, 0.2) is 41.6 Å². The monoisotopic (exact) mass is 428 g/mol. The zero-order valence-electron chi connectivity index (χ0n) is 16.5. The molecule has 30 heavy (non-hydrogen) atoms. The maximum atomic E-state index is 12.6. The summed E-state index contributed by atoms with van der Waals surface area (Å²) in [5, 5.41) is 24.3. The molecule has 1 amide bonds. The van der Waals surface area contributed by atoms with E-state index >= 15 is 0 Å². The first-order chi connectivity index (χ1) is 14.4. The van der Waals surface area contributed by atoms with Crippen molar-refractivity contribution in [3.63, 3.8) is 0 Å². The number of carbonyl (C=O) groups excluding carboxylic acids is 1. The highest BCUT2D eigenvalue weighted by atomic mass is 32.2. The molecule has 3 aromatic rings. The Morgan fingerprint density at radius 3 is 2.73 bits per heavy atom. The van der Waals surface area contributed by atoms with Gasteiger partial charge in [-0.1, -0.05) is 23.9 Å². The number of non-ortho nitro benzene ring substituents is 1. The lowest BCUT2D eigenvalue weighted by atomic mass is 10.1. The summed E-state index contributed by atoms with van der Waals surface area (Å²) in [7, 11) is 0. The summed E-state index contributed by atoms with van der Waals surface area (Å²) in [5.74, 6) is 0.219. The number of thioether (sulfide) groups is 1. The lowest BCUT2D eigenvalue weighted by molar-refractivity contribution is -0.384. The lowest BCUT2D eigenvalue weighted by Gasteiger charge is -2.35. The van der Waals surface area contributed by atoms with Crippen molar-refractivity contribution in [2.75, 3.05) is 18.8 Å². The smallest absolute Gasteiger partial charge is 0.270 e. The molecule has 0 bridgehead atoms. The molecule has 0 N–H and O–H groups in total. The van der Waals surface area contributed by atoms with Crippen LogP contribution in [0.25, 0.3) is 16.9 Å². The molecule has 1 aliphatic rings. The molecule has 1 aromatic carbocycles. The number of carbonyl (C=O) groups is 1. The van der Waals surface area contributed by atoms with Crippen molar-refractivity contribution in [2.45, 2.75) is 31.2 Å². The number of benzene rings is 1. The van der Waals surface area contributed by atoms with Crippen LogP contribution >= 0.6 is 11.8 Å². The Kier molecular flexibility index (Phi) is 5.64. The Bertz CT molecular complexity index is 1090. The van der Waals surface area contributed by atoms with Gasteiger partial charge < -0.3 is 9.64 Å². The summed E-state index contributed by atoms with van der Waals surface area (Å²) in [5.41, 5.74) is 1.69. The standard InChI is InChI=1S/C19H20N6O4S/c1-12-9-23(10-13(2)29-12)18(26)11-30-19-21-20-17-7-6-16(22-24(17)19)14-4-3-5-15(8-14)25(27)28/h3-8,12-13H,9-11H2,1-2H3. The average molecular weight is 428 g/mol. The summed E-state index contributed by atoms with van der Waals surface area (Å²) in [4.78, 5) is 25.0. The minimum atomic E-state index is -0.443. The molecular formula is C19H20N6O4S. The fraction of sp³-hybridized carbons (Fsp3) is 0.368. The number of amides is 1. The van der Waals surface area contributed by atoms with Crippen LogP contribution in [0.1, 0.15) is 13.8 Å². The molecule has 10 nitrogen and oxygen atoms in total. The highest BCUT2D eigenvalue weighted by Crippen LogP contribution is 2.24. The molecule has 2 unspecified atom stereocenters. The van der Waals surface area contributed by atoms with Crippen molar-refractivity contribution >= 4 is 29.0 Å². The normalized spacial score (nSPS) is 19.2. The number of aromatic nitrogens is 4. The van der Waals surface area contributed by atoms with Gasteiger partial charge in [0.25, 0.3) is 5.69 Å². The predicted molar refractivity (Wildman–Crippen MR) is 110 cm³/mol. The SMILES string of the molecule is CC1CN(C(=O)CSc2nnc3ccc(-c4cccc([N+](=O)[O-])c4)nn23)CC(C)O1. The molecule has 0 radical (unpaired) electrons. The second-order valence-electron chi connectivity index (χ2n) is 7.12. The predicted octanol–water partition coefficient (Wildman–Crippen LogP) is 2.43. The summed E-state index contributed by atoms with van der Waals surface area (Å²) < 4.78 is 7.23. The van der Waals surface area contributed by atoms with Gasteiger partial charge in [-0.3, -0.25) is 14.9 Å². The minimum absolute atomic E-state index is 0.00711. The number of nitro groups is 1. The van der Waals surface area contributed by atoms with E-state index in [1.54, 1.807) is 33.7 Å². The first-order valence-corrected chi connectivity index (χ1v) is 10.4. The van der Waals surface area contributed by atoms with Crippen LogP contribution in [-0.4, -0.2) is 66.6 Å². The fourth-order valence-electron chi connectivity index (χ4n) is 3.39. The molecule has 11 heteroatoms. The number of hydrogen-bond acceptors (Lipinski definition) is 8. The maximum Gasteiger partial charge on any atom is 0.270 e. The number of rotatable bonds is 5. The van der Waals surface area contributed by atoms with E-state index in [1.807, 2.05) is 13.8 Å². The molecule has 0 spiro atoms. The second-order valence-corrected chi connectivity index (χ2v) is 8.07. The summed E-state index contributed by atoms with van der Waals surface area (Å²) in [6.45, 7) is 5.04. The van der Waals surface area contributed by atoms with Gasteiger partial charge >= 0.3 is 0 Å². The van der Waals surface area contributed by atoms with E-state index < -0.39 is 4.92 Å². The topological polar surface area (TPSA) is 116 Å². The second kappa shape index (κ2) is 8.36. The van der Waals surface area contributed by atoms with E-state index in [0.717, 1.165) is 0 Å². The average Bonchev–Trinajstić information content (AvgIpc) is 3.13. The minimum Gasteiger partial charge on any atom is -0.372 e. The van der Waals surface area contributed by atoms with E-state index in [-0.39, 0.29) is 29.6 Å². The molecule has 3 heterocycles. The molecule has 0 aliphatic carbocycles. The number of morpholine rings is 1. The molecule has 0 saturated carbocycles. The number of nitrogens with zero attached hydrogens (tertiary/aromatic N) is 6. The third-order valence-electron chi connectivity index (χ3n) is 4.68. The van der Waals surface area contributed by atoms with Crippen molar-refractivity contribution in [2.24, 2.45) is 0 Å². The molecule has 1 fully saturated rings. The van der Waals surface area contributed by atoms with Gasteiger partial charge in [-0.05, 0) is 26.0 Å². The first-order valence-electron chi connectivity index (χ1n) is 9.44. The van der Waals surface area contributed by atoms with Crippen LogP contribution in [0.2, 0.25) is 0 Å². The molecular weight excluding hydrogens is 408 g/mol. The van der Waals surface area contributed by atoms with E-state index in [2.05, 4.69) is 15.3 Å². The van der Waals surface area contributed by atoms with Gasteiger partial charge in [-0.15, -0.1) is 10.2 Å². The molecule has 4 rings (SSSR count). The highest BCUT2D eigenvalue weighted by molar-refractivity contribution is 7.99. The van der Waals surface area contributed by atoms with Crippen molar-refractivity contribution < 1.29 is 14.5 Å². The Hall–Kier alpha value is -3.05. The zero-order valence-corrected chi connectivity index (χ0v) is 17.3. The van der Waals surface area contributed by atoms with Crippen molar-refractivity contribution in [3.8, 4) is 11.3 Å². The summed E-state index contributed by atoms with van der Waals surface area (Å²) in [6.07, 6.45) is 0.0200. The van der Waals surface area contributed by atoms with E-state index in [9.17, 15) is 14.9 Å². The van der Waals surface area contributed by atoms with E-state index in [1.165, 1.54) is 23.9 Å². The Morgan fingerprint density at radius 1 is 1.23 bits per heavy atom. The number of ether oxygens (including phenoxy) is 1. The van der Waals surface area contributed by atoms with Crippen molar-refractivity contribution in [3.05, 3.63) is 46.5 Å². The molecule has 2 aromatic heterocycles. The van der Waals surface area contributed by atoms with Gasteiger partial charge in [-0.2, -0.15) is 9.61 Å². The van der Waals surface area contributed by atoms with Crippen LogP contribution in [-0.2, 0) is 9.53 Å². The zero-order chi connectivity index (χ0) is 21.3. The quantitative estimate of drug-likeness (QED) is 0.346. The third-order valence-corrected chi connectivity index (χ3v) is 5.59. The number of fused-ring (bicyclic) bond motifs is 1. The van der Waals surface area contributed by atoms with E-state index in [4.69, 9.17) is 4.74 Å². The van der Waals surface area contributed by atoms with Crippen LogP contribution in [0.4, 0.5) is 5.69 Å². The number of nitro benzene ring substituents is 1. The lowest BCUT2D eigenvalue weighted by Crippen LogP contribution is -2.48. The maximum absolute atomic E-state index is 12.6. The number of hydrogen-bond donors (Lipinski definition) is 0. The Morgan fingerprint density at radius 2 is 2.00 bits per heavy atom. The molecule has 1 saturated heterocycles. The van der Waals surface area contributed by atoms with Gasteiger partial charge in [0.1, 0.15) is 0 Å². The molecule has 2 atom stereocenters. The van der Waals surface area contributed by atoms with Crippen LogP contribution in [0, 0.1) is 10.1 Å². The van der Waals surface area contributed by atoms with Crippen molar-refractivity contribution in [1.29, 1.82) is 0 Å². The van der Waals surface area contributed by atoms with Gasteiger partial charge in [0, 0.05) is 30.8 Å². The van der Waals surface area contributed by atoms with Crippen LogP contribution in [0.3, 0.4) is 0 Å².